The van der Waals surface area contributed by atoms with E-state index in [2.05, 4.69) is 13.0 Å². The van der Waals surface area contributed by atoms with Crippen LogP contribution in [0.2, 0.25) is 0 Å². The van der Waals surface area contributed by atoms with E-state index < -0.39 is 0 Å². The van der Waals surface area contributed by atoms with E-state index in [1.54, 1.807) is 7.11 Å². The van der Waals surface area contributed by atoms with Gasteiger partial charge in [0.15, 0.2) is 5.78 Å². The third kappa shape index (κ3) is 2.50. The fourth-order valence-electron chi connectivity index (χ4n) is 1.86. The minimum absolute atomic E-state index is 0.0885. The van der Waals surface area contributed by atoms with E-state index in [1.165, 1.54) is 5.56 Å². The highest BCUT2D eigenvalue weighted by Gasteiger charge is 2.19. The summed E-state index contributed by atoms with van der Waals surface area (Å²) < 4.78 is 5.19. The summed E-state index contributed by atoms with van der Waals surface area (Å²) in [6.45, 7) is 8.02. The summed E-state index contributed by atoms with van der Waals surface area (Å²) in [5, 5.41) is 0. The molecule has 0 bridgehead atoms. The van der Waals surface area contributed by atoms with Crippen LogP contribution >= 0.6 is 0 Å². The molecular weight excluding hydrogens is 200 g/mol. The van der Waals surface area contributed by atoms with Crippen LogP contribution in [0.4, 0.5) is 0 Å². The predicted molar refractivity (Wildman–Crippen MR) is 66.1 cm³/mol. The quantitative estimate of drug-likeness (QED) is 0.728. The molecule has 0 amide bonds. The van der Waals surface area contributed by atoms with Gasteiger partial charge < -0.3 is 4.74 Å². The fourth-order valence-corrected chi connectivity index (χ4v) is 1.86. The van der Waals surface area contributed by atoms with Crippen LogP contribution in [0.3, 0.4) is 0 Å². The van der Waals surface area contributed by atoms with Crippen molar-refractivity contribution in [2.75, 3.05) is 7.11 Å². The summed E-state index contributed by atoms with van der Waals surface area (Å²) in [7, 11) is 1.59. The van der Waals surface area contributed by atoms with E-state index in [1.807, 2.05) is 26.8 Å². The van der Waals surface area contributed by atoms with E-state index in [0.29, 0.717) is 6.42 Å². The normalized spacial score (nSPS) is 12.6. The molecule has 0 radical (unpaired) electrons. The Morgan fingerprint density at radius 3 is 2.25 bits per heavy atom. The second kappa shape index (κ2) is 5.26. The molecule has 0 saturated carbocycles. The number of hydrogen-bond acceptors (Lipinski definition) is 2. The molecule has 88 valence electrons. The Hall–Kier alpha value is -1.15. The summed E-state index contributed by atoms with van der Waals surface area (Å²) in [5.41, 5.74) is 4.19. The van der Waals surface area contributed by atoms with E-state index in [-0.39, 0.29) is 11.9 Å². The third-order valence-corrected chi connectivity index (χ3v) is 3.05. The van der Waals surface area contributed by atoms with Crippen molar-refractivity contribution >= 4 is 5.78 Å². The maximum atomic E-state index is 12.2. The average Bonchev–Trinajstić information content (AvgIpc) is 2.25. The highest BCUT2D eigenvalue weighted by atomic mass is 16.5. The largest absolute Gasteiger partial charge is 0.373 e. The summed E-state index contributed by atoms with van der Waals surface area (Å²) in [6.07, 6.45) is 0.391. The van der Waals surface area contributed by atoms with Crippen molar-refractivity contribution in [3.8, 4) is 0 Å². The van der Waals surface area contributed by atoms with Crippen molar-refractivity contribution in [2.45, 2.75) is 40.2 Å². The van der Waals surface area contributed by atoms with Crippen molar-refractivity contribution in [1.82, 2.24) is 0 Å². The lowest BCUT2D eigenvalue weighted by atomic mass is 9.95. The average molecular weight is 220 g/mol. The number of carbonyl (C=O) groups is 1. The molecule has 1 aromatic rings. The number of benzene rings is 1. The highest BCUT2D eigenvalue weighted by molar-refractivity contribution is 6.00. The van der Waals surface area contributed by atoms with Crippen molar-refractivity contribution in [3.05, 3.63) is 34.4 Å². The van der Waals surface area contributed by atoms with Gasteiger partial charge in [0, 0.05) is 12.7 Å². The molecule has 1 aromatic carbocycles. The van der Waals surface area contributed by atoms with E-state index in [4.69, 9.17) is 4.74 Å². The molecule has 2 heteroatoms. The Morgan fingerprint density at radius 2 is 1.75 bits per heavy atom. The summed E-state index contributed by atoms with van der Waals surface area (Å²) in [4.78, 5) is 12.2. The lowest BCUT2D eigenvalue weighted by molar-refractivity contribution is 0.0595. The molecule has 0 fully saturated rings. The van der Waals surface area contributed by atoms with Crippen LogP contribution in [-0.4, -0.2) is 19.0 Å². The molecule has 0 heterocycles. The van der Waals surface area contributed by atoms with Gasteiger partial charge in [-0.25, -0.2) is 0 Å². The zero-order chi connectivity index (χ0) is 12.3. The molecule has 0 spiro atoms. The SMILES string of the molecule is CCC(OC)C(=O)c1cc(C)c(C)cc1C. The lowest BCUT2D eigenvalue weighted by Gasteiger charge is -2.15. The molecule has 16 heavy (non-hydrogen) atoms. The third-order valence-electron chi connectivity index (χ3n) is 3.05. The number of rotatable bonds is 4. The zero-order valence-electron chi connectivity index (χ0n) is 10.8. The molecular formula is C14H20O2. The molecule has 1 atom stereocenters. The summed E-state index contributed by atoms with van der Waals surface area (Å²) >= 11 is 0. The van der Waals surface area contributed by atoms with E-state index in [0.717, 1.165) is 16.7 Å². The molecule has 0 aliphatic heterocycles. The van der Waals surface area contributed by atoms with Crippen molar-refractivity contribution in [1.29, 1.82) is 0 Å². The topological polar surface area (TPSA) is 26.3 Å². The van der Waals surface area contributed by atoms with E-state index in [9.17, 15) is 4.79 Å². The minimum Gasteiger partial charge on any atom is -0.373 e. The molecule has 0 aliphatic carbocycles. The number of ketones is 1. The number of ether oxygens (including phenoxy) is 1. The Balaban J connectivity index is 3.13. The summed E-state index contributed by atoms with van der Waals surface area (Å²) in [5.74, 6) is 0.0885. The van der Waals surface area contributed by atoms with Crippen molar-refractivity contribution < 1.29 is 9.53 Å². The minimum atomic E-state index is -0.319. The molecule has 2 nitrogen and oxygen atoms in total. The fraction of sp³-hybridized carbons (Fsp3) is 0.500. The monoisotopic (exact) mass is 220 g/mol. The molecule has 0 saturated heterocycles. The first kappa shape index (κ1) is 12.9. The van der Waals surface area contributed by atoms with Gasteiger partial charge in [-0.05, 0) is 49.9 Å². The van der Waals surface area contributed by atoms with Crippen LogP contribution < -0.4 is 0 Å². The van der Waals surface area contributed by atoms with Gasteiger partial charge in [0.25, 0.3) is 0 Å². The van der Waals surface area contributed by atoms with Gasteiger partial charge in [-0.2, -0.15) is 0 Å². The first-order chi connectivity index (χ1) is 7.51. The number of hydrogen-bond donors (Lipinski definition) is 0. The van der Waals surface area contributed by atoms with Crippen LogP contribution in [0.1, 0.15) is 40.4 Å². The van der Waals surface area contributed by atoms with Crippen molar-refractivity contribution in [2.24, 2.45) is 0 Å². The smallest absolute Gasteiger partial charge is 0.191 e. The molecule has 1 unspecified atom stereocenters. The van der Waals surface area contributed by atoms with Crippen LogP contribution in [0.25, 0.3) is 0 Å². The molecule has 1 rings (SSSR count). The maximum Gasteiger partial charge on any atom is 0.191 e. The standard InChI is InChI=1S/C14H20O2/c1-6-13(16-5)14(15)12-8-10(3)9(2)7-11(12)4/h7-8,13H,6H2,1-5H3. The van der Waals surface area contributed by atoms with Gasteiger partial charge in [0.2, 0.25) is 0 Å². The number of Topliss-reactive ketones (excluding diaryl/α,β-unsaturated/α-hetero) is 1. The predicted octanol–water partition coefficient (Wildman–Crippen LogP) is 3.22. The molecule has 0 N–H and O–H groups in total. The Kier molecular flexibility index (Phi) is 4.25. The van der Waals surface area contributed by atoms with Gasteiger partial charge in [-0.15, -0.1) is 0 Å². The maximum absolute atomic E-state index is 12.2. The van der Waals surface area contributed by atoms with Crippen LogP contribution in [0, 0.1) is 20.8 Å². The van der Waals surface area contributed by atoms with Gasteiger partial charge in [0.05, 0.1) is 0 Å². The van der Waals surface area contributed by atoms with E-state index >= 15 is 0 Å². The molecule has 0 aromatic heterocycles. The van der Waals surface area contributed by atoms with Gasteiger partial charge >= 0.3 is 0 Å². The Morgan fingerprint density at radius 1 is 1.19 bits per heavy atom. The number of methoxy groups -OCH3 is 1. The van der Waals surface area contributed by atoms with Gasteiger partial charge in [-0.1, -0.05) is 13.0 Å². The zero-order valence-corrected chi connectivity index (χ0v) is 10.8. The number of carbonyl (C=O) groups excluding carboxylic acids is 1. The first-order valence-corrected chi connectivity index (χ1v) is 5.66. The van der Waals surface area contributed by atoms with Crippen LogP contribution in [0.5, 0.6) is 0 Å². The van der Waals surface area contributed by atoms with Crippen LogP contribution in [-0.2, 0) is 4.74 Å². The number of aryl methyl sites for hydroxylation is 3. The lowest BCUT2D eigenvalue weighted by Crippen LogP contribution is -2.23. The highest BCUT2D eigenvalue weighted by Crippen LogP contribution is 2.18. The molecule has 0 aliphatic rings. The van der Waals surface area contributed by atoms with Gasteiger partial charge in [-0.3, -0.25) is 4.79 Å². The second-order valence-electron chi connectivity index (χ2n) is 4.25. The van der Waals surface area contributed by atoms with Crippen LogP contribution in [0.15, 0.2) is 12.1 Å². The first-order valence-electron chi connectivity index (χ1n) is 5.66. The summed E-state index contributed by atoms with van der Waals surface area (Å²) in [6, 6.07) is 4.03. The Labute approximate surface area is 97.6 Å². The van der Waals surface area contributed by atoms with Crippen molar-refractivity contribution in [3.63, 3.8) is 0 Å². The second-order valence-corrected chi connectivity index (χ2v) is 4.25. The Bertz CT molecular complexity index is 390. The van der Waals surface area contributed by atoms with Gasteiger partial charge in [0.1, 0.15) is 6.10 Å².